The molecule has 0 spiro atoms. The minimum atomic E-state index is -4.39. The summed E-state index contributed by atoms with van der Waals surface area (Å²) in [5.74, 6) is -1.67. The van der Waals surface area contributed by atoms with Gasteiger partial charge in [-0.15, -0.1) is 0 Å². The van der Waals surface area contributed by atoms with E-state index in [9.17, 15) is 26.4 Å². The number of carboxylic acid groups (broad SMARTS) is 1. The van der Waals surface area contributed by atoms with Crippen LogP contribution in [-0.4, -0.2) is 56.5 Å². The quantitative estimate of drug-likeness (QED) is 0.861. The predicted molar refractivity (Wildman–Crippen MR) is 69.0 cm³/mol. The van der Waals surface area contributed by atoms with Crippen molar-refractivity contribution in [1.82, 2.24) is 4.90 Å². The summed E-state index contributed by atoms with van der Waals surface area (Å²) in [6, 6.07) is 4.52. The van der Waals surface area contributed by atoms with E-state index >= 15 is 0 Å². The van der Waals surface area contributed by atoms with E-state index in [1.807, 2.05) is 0 Å². The minimum absolute atomic E-state index is 0.0665. The molecule has 0 radical (unpaired) electrons. The topological polar surface area (TPSA) is 74.7 Å². The van der Waals surface area contributed by atoms with Gasteiger partial charge in [-0.2, -0.15) is 13.2 Å². The van der Waals surface area contributed by atoms with Crippen molar-refractivity contribution in [2.75, 3.05) is 25.9 Å². The molecule has 0 saturated heterocycles. The molecule has 0 atom stereocenters. The zero-order chi connectivity index (χ0) is 16.3. The Labute approximate surface area is 119 Å². The fourth-order valence-corrected chi connectivity index (χ4v) is 2.92. The van der Waals surface area contributed by atoms with Crippen LogP contribution in [0.3, 0.4) is 0 Å². The van der Waals surface area contributed by atoms with E-state index in [0.717, 1.165) is 29.2 Å². The third-order valence-corrected chi connectivity index (χ3v) is 4.36. The third-order valence-electron chi connectivity index (χ3n) is 2.65. The lowest BCUT2D eigenvalue weighted by molar-refractivity contribution is -0.142. The number of carboxylic acids is 1. The molecule has 0 bridgehead atoms. The van der Waals surface area contributed by atoms with Gasteiger partial charge in [-0.3, -0.25) is 4.90 Å². The highest BCUT2D eigenvalue weighted by atomic mass is 32.2. The van der Waals surface area contributed by atoms with Gasteiger partial charge in [0.25, 0.3) is 0 Å². The Balaban J connectivity index is 2.71. The zero-order valence-electron chi connectivity index (χ0n) is 11.1. The standard InChI is InChI=1S/C12H14F3NO4S/c1-16(8-12(13,14)15)6-7-21(19,20)10-4-2-9(3-5-10)11(17)18/h2-5H,6-8H2,1H3,(H,17,18). The molecule has 0 fully saturated rings. The molecule has 0 aliphatic carbocycles. The van der Waals surface area contributed by atoms with Crippen LogP contribution in [0.5, 0.6) is 0 Å². The largest absolute Gasteiger partial charge is 0.478 e. The highest BCUT2D eigenvalue weighted by Gasteiger charge is 2.29. The first-order valence-electron chi connectivity index (χ1n) is 5.83. The zero-order valence-corrected chi connectivity index (χ0v) is 11.9. The number of carbonyl (C=O) groups is 1. The van der Waals surface area contributed by atoms with E-state index in [4.69, 9.17) is 5.11 Å². The Kier molecular flexibility index (Phi) is 5.35. The van der Waals surface area contributed by atoms with E-state index in [-0.39, 0.29) is 17.0 Å². The van der Waals surface area contributed by atoms with Crippen molar-refractivity contribution < 1.29 is 31.5 Å². The summed E-state index contributed by atoms with van der Waals surface area (Å²) in [7, 11) is -2.58. The molecule has 0 aromatic heterocycles. The first-order valence-corrected chi connectivity index (χ1v) is 7.48. The van der Waals surface area contributed by atoms with Crippen molar-refractivity contribution >= 4 is 15.8 Å². The molecule has 9 heteroatoms. The van der Waals surface area contributed by atoms with Gasteiger partial charge in [-0.25, -0.2) is 13.2 Å². The summed E-state index contributed by atoms with van der Waals surface area (Å²) < 4.78 is 60.2. The smallest absolute Gasteiger partial charge is 0.401 e. The summed E-state index contributed by atoms with van der Waals surface area (Å²) in [5.41, 5.74) is -0.0665. The molecule has 1 N–H and O–H groups in total. The summed E-state index contributed by atoms with van der Waals surface area (Å²) in [6.07, 6.45) is -4.39. The minimum Gasteiger partial charge on any atom is -0.478 e. The van der Waals surface area contributed by atoms with Crippen LogP contribution in [0.2, 0.25) is 0 Å². The first kappa shape index (κ1) is 17.4. The second kappa shape index (κ2) is 6.44. The monoisotopic (exact) mass is 325 g/mol. The lowest BCUT2D eigenvalue weighted by Crippen LogP contribution is -2.34. The van der Waals surface area contributed by atoms with E-state index < -0.39 is 34.3 Å². The molecule has 21 heavy (non-hydrogen) atoms. The molecule has 0 saturated carbocycles. The van der Waals surface area contributed by atoms with Gasteiger partial charge in [0, 0.05) is 6.54 Å². The molecule has 0 aliphatic rings. The first-order chi connectivity index (χ1) is 9.51. The third kappa shape index (κ3) is 5.72. The van der Waals surface area contributed by atoms with Gasteiger partial charge in [0.15, 0.2) is 9.84 Å². The van der Waals surface area contributed by atoms with Crippen molar-refractivity contribution in [3.63, 3.8) is 0 Å². The molecule has 0 aliphatic heterocycles. The van der Waals surface area contributed by atoms with E-state index in [1.54, 1.807) is 0 Å². The number of aromatic carboxylic acids is 1. The van der Waals surface area contributed by atoms with Crippen LogP contribution in [0.1, 0.15) is 10.4 Å². The second-order valence-electron chi connectivity index (χ2n) is 4.50. The maximum absolute atomic E-state index is 12.1. The fraction of sp³-hybridized carbons (Fsp3) is 0.417. The predicted octanol–water partition coefficient (Wildman–Crippen LogP) is 1.65. The fourth-order valence-electron chi connectivity index (χ4n) is 1.58. The summed E-state index contributed by atoms with van der Waals surface area (Å²) in [6.45, 7) is -1.47. The van der Waals surface area contributed by atoms with Crippen LogP contribution in [0.15, 0.2) is 29.2 Å². The molecule has 118 valence electrons. The Morgan fingerprint density at radius 2 is 1.76 bits per heavy atom. The highest BCUT2D eigenvalue weighted by Crippen LogP contribution is 2.16. The molecule has 0 heterocycles. The van der Waals surface area contributed by atoms with Gasteiger partial charge in [0.1, 0.15) is 0 Å². The van der Waals surface area contributed by atoms with Gasteiger partial charge < -0.3 is 5.11 Å². The number of benzene rings is 1. The highest BCUT2D eigenvalue weighted by molar-refractivity contribution is 7.91. The van der Waals surface area contributed by atoms with Crippen LogP contribution >= 0.6 is 0 Å². The van der Waals surface area contributed by atoms with Gasteiger partial charge in [0.05, 0.1) is 22.8 Å². The van der Waals surface area contributed by atoms with Gasteiger partial charge in [-0.1, -0.05) is 0 Å². The number of hydrogen-bond donors (Lipinski definition) is 1. The molecule has 1 rings (SSSR count). The average molecular weight is 325 g/mol. The normalized spacial score (nSPS) is 12.6. The molecule has 5 nitrogen and oxygen atoms in total. The Hall–Kier alpha value is -1.61. The average Bonchev–Trinajstić information content (AvgIpc) is 2.34. The summed E-state index contributed by atoms with van der Waals surface area (Å²) >= 11 is 0. The Morgan fingerprint density at radius 1 is 1.24 bits per heavy atom. The number of hydrogen-bond acceptors (Lipinski definition) is 4. The number of rotatable bonds is 6. The molecule has 0 amide bonds. The summed E-state index contributed by atoms with van der Waals surface area (Å²) in [5, 5.41) is 8.70. The van der Waals surface area contributed by atoms with Gasteiger partial charge in [0.2, 0.25) is 0 Å². The van der Waals surface area contributed by atoms with Gasteiger partial charge >= 0.3 is 12.1 Å². The molecule has 0 unspecified atom stereocenters. The van der Waals surface area contributed by atoms with E-state index in [0.29, 0.717) is 0 Å². The van der Waals surface area contributed by atoms with Crippen molar-refractivity contribution in [2.24, 2.45) is 0 Å². The molecule has 1 aromatic carbocycles. The van der Waals surface area contributed by atoms with Crippen LogP contribution in [0.4, 0.5) is 13.2 Å². The van der Waals surface area contributed by atoms with Crippen LogP contribution in [-0.2, 0) is 9.84 Å². The SMILES string of the molecule is CN(CCS(=O)(=O)c1ccc(C(=O)O)cc1)CC(F)(F)F. The maximum atomic E-state index is 12.1. The Bertz CT molecular complexity index is 596. The van der Waals surface area contributed by atoms with Crippen LogP contribution in [0, 0.1) is 0 Å². The van der Waals surface area contributed by atoms with Crippen LogP contribution < -0.4 is 0 Å². The van der Waals surface area contributed by atoms with E-state index in [1.165, 1.54) is 7.05 Å². The second-order valence-corrected chi connectivity index (χ2v) is 6.61. The van der Waals surface area contributed by atoms with Crippen molar-refractivity contribution in [1.29, 1.82) is 0 Å². The number of alkyl halides is 3. The lowest BCUT2D eigenvalue weighted by Gasteiger charge is -2.18. The lowest BCUT2D eigenvalue weighted by atomic mass is 10.2. The number of sulfone groups is 1. The van der Waals surface area contributed by atoms with Crippen molar-refractivity contribution in [2.45, 2.75) is 11.1 Å². The maximum Gasteiger partial charge on any atom is 0.401 e. The molecule has 1 aromatic rings. The van der Waals surface area contributed by atoms with Crippen molar-refractivity contribution in [3.8, 4) is 0 Å². The summed E-state index contributed by atoms with van der Waals surface area (Å²) in [4.78, 5) is 11.4. The molecular formula is C12H14F3NO4S. The Morgan fingerprint density at radius 3 is 2.19 bits per heavy atom. The number of halogens is 3. The van der Waals surface area contributed by atoms with Gasteiger partial charge in [-0.05, 0) is 31.3 Å². The number of nitrogens with zero attached hydrogens (tertiary/aromatic N) is 1. The molecular weight excluding hydrogens is 311 g/mol. The van der Waals surface area contributed by atoms with Crippen LogP contribution in [0.25, 0.3) is 0 Å². The van der Waals surface area contributed by atoms with E-state index in [2.05, 4.69) is 0 Å². The van der Waals surface area contributed by atoms with Crippen molar-refractivity contribution in [3.05, 3.63) is 29.8 Å².